The molecule has 0 saturated carbocycles. The van der Waals surface area contributed by atoms with Crippen LogP contribution >= 0.6 is 0 Å². The minimum Gasteiger partial charge on any atom is -0.495 e. The van der Waals surface area contributed by atoms with Gasteiger partial charge in [0.25, 0.3) is 0 Å². The van der Waals surface area contributed by atoms with Crippen LogP contribution in [0.3, 0.4) is 0 Å². The summed E-state index contributed by atoms with van der Waals surface area (Å²) >= 11 is 0. The van der Waals surface area contributed by atoms with Crippen LogP contribution < -0.4 is 10.1 Å². The van der Waals surface area contributed by atoms with Crippen LogP contribution in [-0.4, -0.2) is 36.9 Å². The minimum atomic E-state index is -1.11. The molecule has 1 aliphatic rings. The minimum absolute atomic E-state index is 0.114. The molecule has 2 amide bonds. The lowest BCUT2D eigenvalue weighted by molar-refractivity contribution is -0.147. The zero-order valence-corrected chi connectivity index (χ0v) is 14.4. The predicted molar refractivity (Wildman–Crippen MR) is 90.4 cm³/mol. The number of piperidine rings is 1. The second-order valence-corrected chi connectivity index (χ2v) is 6.78. The van der Waals surface area contributed by atoms with E-state index in [-0.39, 0.29) is 11.8 Å². The number of hydrogen-bond donors (Lipinski definition) is 1. The summed E-state index contributed by atoms with van der Waals surface area (Å²) in [6.45, 7) is 6.96. The molecule has 1 aromatic rings. The van der Waals surface area contributed by atoms with Crippen molar-refractivity contribution in [2.45, 2.75) is 33.6 Å². The van der Waals surface area contributed by atoms with Gasteiger partial charge in [0.05, 0.1) is 12.8 Å². The fourth-order valence-electron chi connectivity index (χ4n) is 2.89. The molecule has 0 spiro atoms. The van der Waals surface area contributed by atoms with Crippen LogP contribution in [0.5, 0.6) is 5.75 Å². The lowest BCUT2D eigenvalue weighted by atomic mass is 9.88. The van der Waals surface area contributed by atoms with Crippen LogP contribution in [0.25, 0.3) is 0 Å². The number of nitrogens with zero attached hydrogens (tertiary/aromatic N) is 1. The normalized spacial score (nSPS) is 18.4. The van der Waals surface area contributed by atoms with E-state index in [2.05, 4.69) is 12.2 Å². The Morgan fingerprint density at radius 3 is 2.65 bits per heavy atom. The van der Waals surface area contributed by atoms with E-state index in [9.17, 15) is 9.59 Å². The van der Waals surface area contributed by atoms with E-state index in [0.29, 0.717) is 17.4 Å². The van der Waals surface area contributed by atoms with Gasteiger partial charge in [-0.2, -0.15) is 0 Å². The first-order valence-electron chi connectivity index (χ1n) is 8.10. The highest BCUT2D eigenvalue weighted by molar-refractivity contribution is 6.10. The van der Waals surface area contributed by atoms with Gasteiger partial charge < -0.3 is 15.0 Å². The van der Waals surface area contributed by atoms with Crippen LogP contribution in [-0.2, 0) is 9.59 Å². The van der Waals surface area contributed by atoms with Crippen LogP contribution in [0, 0.1) is 11.3 Å². The lowest BCUT2D eigenvalue weighted by Crippen LogP contribution is -2.50. The number of amides is 2. The number of anilines is 1. The van der Waals surface area contributed by atoms with E-state index < -0.39 is 5.41 Å². The number of likely N-dealkylation sites (tertiary alicyclic amines) is 1. The molecule has 23 heavy (non-hydrogen) atoms. The molecule has 2 rings (SSSR count). The third-order valence-corrected chi connectivity index (χ3v) is 4.40. The molecule has 1 atom stereocenters. The highest BCUT2D eigenvalue weighted by Gasteiger charge is 2.40. The van der Waals surface area contributed by atoms with Crippen molar-refractivity contribution >= 4 is 17.5 Å². The summed E-state index contributed by atoms with van der Waals surface area (Å²) in [7, 11) is 1.55. The molecule has 1 aliphatic heterocycles. The van der Waals surface area contributed by atoms with Crippen molar-refractivity contribution in [1.29, 1.82) is 0 Å². The highest BCUT2D eigenvalue weighted by atomic mass is 16.5. The molecule has 5 heteroatoms. The first-order valence-corrected chi connectivity index (χ1v) is 8.10. The zero-order chi connectivity index (χ0) is 17.0. The molecule has 1 heterocycles. The maximum absolute atomic E-state index is 12.8. The van der Waals surface area contributed by atoms with Crippen molar-refractivity contribution in [3.8, 4) is 5.75 Å². The van der Waals surface area contributed by atoms with Gasteiger partial charge in [-0.15, -0.1) is 0 Å². The van der Waals surface area contributed by atoms with Gasteiger partial charge in [0, 0.05) is 13.1 Å². The summed E-state index contributed by atoms with van der Waals surface area (Å²) in [5.74, 6) is 0.637. The molecule has 5 nitrogen and oxygen atoms in total. The summed E-state index contributed by atoms with van der Waals surface area (Å²) in [4.78, 5) is 27.3. The molecule has 0 bridgehead atoms. The van der Waals surface area contributed by atoms with Crippen molar-refractivity contribution in [2.75, 3.05) is 25.5 Å². The largest absolute Gasteiger partial charge is 0.495 e. The van der Waals surface area contributed by atoms with Crippen LogP contribution in [0.2, 0.25) is 0 Å². The van der Waals surface area contributed by atoms with E-state index >= 15 is 0 Å². The smallest absolute Gasteiger partial charge is 0.239 e. The van der Waals surface area contributed by atoms with E-state index in [1.165, 1.54) is 0 Å². The molecular weight excluding hydrogens is 292 g/mol. The van der Waals surface area contributed by atoms with Crippen molar-refractivity contribution in [2.24, 2.45) is 11.3 Å². The maximum Gasteiger partial charge on any atom is 0.239 e. The Bertz CT molecular complexity index is 583. The lowest BCUT2D eigenvalue weighted by Gasteiger charge is -2.36. The summed E-state index contributed by atoms with van der Waals surface area (Å²) in [6.07, 6.45) is 2.13. The standard InChI is InChI=1S/C18H26N2O3/c1-13-8-7-11-20(12-13)17(22)18(2,3)16(21)19-14-9-5-6-10-15(14)23-4/h5-6,9-10,13H,7-8,11-12H2,1-4H3,(H,19,21). The molecule has 1 unspecified atom stereocenters. The molecule has 1 fully saturated rings. The van der Waals surface area contributed by atoms with Crippen LogP contribution in [0.4, 0.5) is 5.69 Å². The molecule has 0 radical (unpaired) electrons. The Kier molecular flexibility index (Phi) is 5.29. The van der Waals surface area contributed by atoms with E-state index in [1.54, 1.807) is 33.1 Å². The fraction of sp³-hybridized carbons (Fsp3) is 0.556. The number of carbonyl (C=O) groups is 2. The number of hydrogen-bond acceptors (Lipinski definition) is 3. The predicted octanol–water partition coefficient (Wildman–Crippen LogP) is 2.92. The number of benzene rings is 1. The van der Waals surface area contributed by atoms with Crippen LogP contribution in [0.15, 0.2) is 24.3 Å². The van der Waals surface area contributed by atoms with Crippen molar-refractivity contribution < 1.29 is 14.3 Å². The van der Waals surface area contributed by atoms with Gasteiger partial charge in [0.1, 0.15) is 11.2 Å². The third kappa shape index (κ3) is 3.84. The van der Waals surface area contributed by atoms with Crippen molar-refractivity contribution in [3.63, 3.8) is 0 Å². The second-order valence-electron chi connectivity index (χ2n) is 6.78. The van der Waals surface area contributed by atoms with E-state index in [0.717, 1.165) is 25.9 Å². The molecule has 0 aromatic heterocycles. The summed E-state index contributed by atoms with van der Waals surface area (Å²) < 4.78 is 5.24. The average Bonchev–Trinajstić information content (AvgIpc) is 2.54. The van der Waals surface area contributed by atoms with Gasteiger partial charge in [-0.05, 0) is 44.7 Å². The Balaban J connectivity index is 2.11. The Hall–Kier alpha value is -2.04. The van der Waals surface area contributed by atoms with E-state index in [1.807, 2.05) is 17.0 Å². The zero-order valence-electron chi connectivity index (χ0n) is 14.4. The average molecular weight is 318 g/mol. The first kappa shape index (κ1) is 17.3. The number of ether oxygens (including phenoxy) is 1. The molecule has 1 N–H and O–H groups in total. The van der Waals surface area contributed by atoms with Gasteiger partial charge in [-0.3, -0.25) is 9.59 Å². The summed E-state index contributed by atoms with van der Waals surface area (Å²) in [5, 5.41) is 2.82. The quantitative estimate of drug-likeness (QED) is 0.868. The Morgan fingerprint density at radius 1 is 1.30 bits per heavy atom. The highest BCUT2D eigenvalue weighted by Crippen LogP contribution is 2.28. The maximum atomic E-state index is 12.8. The van der Waals surface area contributed by atoms with Gasteiger partial charge in [0.15, 0.2) is 0 Å². The topological polar surface area (TPSA) is 58.6 Å². The number of para-hydroxylation sites is 2. The fourth-order valence-corrected chi connectivity index (χ4v) is 2.89. The monoisotopic (exact) mass is 318 g/mol. The molecular formula is C18H26N2O3. The SMILES string of the molecule is COc1ccccc1NC(=O)C(C)(C)C(=O)N1CCCC(C)C1. The molecule has 0 aliphatic carbocycles. The van der Waals surface area contributed by atoms with Gasteiger partial charge in [-0.1, -0.05) is 19.1 Å². The number of carbonyl (C=O) groups excluding carboxylic acids is 2. The van der Waals surface area contributed by atoms with Gasteiger partial charge in [-0.25, -0.2) is 0 Å². The van der Waals surface area contributed by atoms with Crippen molar-refractivity contribution in [3.05, 3.63) is 24.3 Å². The molecule has 1 aromatic carbocycles. The molecule has 1 saturated heterocycles. The van der Waals surface area contributed by atoms with Gasteiger partial charge >= 0.3 is 0 Å². The van der Waals surface area contributed by atoms with Crippen molar-refractivity contribution in [1.82, 2.24) is 4.90 Å². The third-order valence-electron chi connectivity index (χ3n) is 4.40. The number of nitrogens with one attached hydrogen (secondary N) is 1. The number of methoxy groups -OCH3 is 1. The van der Waals surface area contributed by atoms with Gasteiger partial charge in [0.2, 0.25) is 11.8 Å². The Labute approximate surface area is 138 Å². The van der Waals surface area contributed by atoms with E-state index in [4.69, 9.17) is 4.74 Å². The molecule has 126 valence electrons. The second kappa shape index (κ2) is 7.02. The summed E-state index contributed by atoms with van der Waals surface area (Å²) in [5.41, 5.74) is -0.536. The summed E-state index contributed by atoms with van der Waals surface area (Å²) in [6, 6.07) is 7.19. The number of rotatable bonds is 4. The van der Waals surface area contributed by atoms with Crippen LogP contribution in [0.1, 0.15) is 33.6 Å². The Morgan fingerprint density at radius 2 is 2.00 bits per heavy atom. The first-order chi connectivity index (χ1) is 10.9.